The van der Waals surface area contributed by atoms with Crippen LogP contribution in [0.25, 0.3) is 0 Å². The Labute approximate surface area is 160 Å². The van der Waals surface area contributed by atoms with Crippen LogP contribution in [0.3, 0.4) is 0 Å². The van der Waals surface area contributed by atoms with E-state index in [2.05, 4.69) is 12.2 Å². The highest BCUT2D eigenvalue weighted by Crippen LogP contribution is 2.39. The summed E-state index contributed by atoms with van der Waals surface area (Å²) in [6.45, 7) is 2.19. The van der Waals surface area contributed by atoms with E-state index in [1.165, 1.54) is 35.2 Å². The van der Waals surface area contributed by atoms with Crippen LogP contribution >= 0.6 is 23.1 Å². The number of benzene rings is 1. The van der Waals surface area contributed by atoms with Gasteiger partial charge in [0, 0.05) is 21.9 Å². The Morgan fingerprint density at radius 3 is 2.77 bits per heavy atom. The topological polar surface area (TPSA) is 72.2 Å². The maximum atomic E-state index is 12.9. The van der Waals surface area contributed by atoms with Crippen molar-refractivity contribution in [2.24, 2.45) is 11.7 Å². The van der Waals surface area contributed by atoms with E-state index >= 15 is 0 Å². The molecule has 1 unspecified atom stereocenters. The molecule has 0 radical (unpaired) electrons. The standard InChI is InChI=1S/C19H21FN2O2S2/c1-11-2-7-14-15(10-11)26-19(17(14)18(21)24)22-16(23)8-9-25-13-5-3-12(20)4-6-13/h3-6,11H,2,7-10H2,1H3,(H2,21,24)(H,22,23). The summed E-state index contributed by atoms with van der Waals surface area (Å²) in [5.41, 5.74) is 7.06. The van der Waals surface area contributed by atoms with Crippen LogP contribution in [0, 0.1) is 11.7 Å². The van der Waals surface area contributed by atoms with E-state index in [9.17, 15) is 14.0 Å². The van der Waals surface area contributed by atoms with E-state index in [1.54, 1.807) is 12.1 Å². The first-order valence-electron chi connectivity index (χ1n) is 8.56. The van der Waals surface area contributed by atoms with Gasteiger partial charge in [0.15, 0.2) is 0 Å². The lowest BCUT2D eigenvalue weighted by Gasteiger charge is -2.18. The zero-order chi connectivity index (χ0) is 18.7. The van der Waals surface area contributed by atoms with Gasteiger partial charge in [-0.1, -0.05) is 6.92 Å². The number of hydrogen-bond donors (Lipinski definition) is 2. The van der Waals surface area contributed by atoms with Gasteiger partial charge >= 0.3 is 0 Å². The predicted molar refractivity (Wildman–Crippen MR) is 104 cm³/mol. The van der Waals surface area contributed by atoms with Crippen molar-refractivity contribution in [1.82, 2.24) is 0 Å². The molecule has 0 bridgehead atoms. The van der Waals surface area contributed by atoms with Crippen LogP contribution in [0.4, 0.5) is 9.39 Å². The second kappa shape index (κ2) is 8.22. The summed E-state index contributed by atoms with van der Waals surface area (Å²) in [5, 5.41) is 3.44. The van der Waals surface area contributed by atoms with Crippen molar-refractivity contribution in [3.05, 3.63) is 46.1 Å². The van der Waals surface area contributed by atoms with E-state index in [-0.39, 0.29) is 11.7 Å². The Balaban J connectivity index is 1.62. The number of nitrogens with one attached hydrogen (secondary N) is 1. The lowest BCUT2D eigenvalue weighted by molar-refractivity contribution is -0.115. The van der Waals surface area contributed by atoms with Gasteiger partial charge in [-0.15, -0.1) is 23.1 Å². The molecule has 0 fully saturated rings. The Bertz CT molecular complexity index is 818. The number of carbonyl (C=O) groups excluding carboxylic acids is 2. The van der Waals surface area contributed by atoms with Crippen molar-refractivity contribution in [2.75, 3.05) is 11.1 Å². The highest BCUT2D eigenvalue weighted by molar-refractivity contribution is 7.99. The highest BCUT2D eigenvalue weighted by Gasteiger charge is 2.27. The Hall–Kier alpha value is -1.86. The van der Waals surface area contributed by atoms with E-state index in [0.717, 1.165) is 34.6 Å². The van der Waals surface area contributed by atoms with Gasteiger partial charge in [-0.25, -0.2) is 4.39 Å². The largest absolute Gasteiger partial charge is 0.365 e. The average Bonchev–Trinajstić information content (AvgIpc) is 2.93. The quantitative estimate of drug-likeness (QED) is 0.723. The first-order chi connectivity index (χ1) is 12.4. The zero-order valence-electron chi connectivity index (χ0n) is 14.5. The first-order valence-corrected chi connectivity index (χ1v) is 10.4. The first kappa shape index (κ1) is 18.9. The molecule has 1 heterocycles. The minimum Gasteiger partial charge on any atom is -0.365 e. The maximum Gasteiger partial charge on any atom is 0.251 e. The van der Waals surface area contributed by atoms with Gasteiger partial charge in [0.25, 0.3) is 5.91 Å². The zero-order valence-corrected chi connectivity index (χ0v) is 16.1. The third kappa shape index (κ3) is 4.45. The number of nitrogens with two attached hydrogens (primary N) is 1. The maximum absolute atomic E-state index is 12.9. The number of thiophene rings is 1. The minimum absolute atomic E-state index is 0.145. The predicted octanol–water partition coefficient (Wildman–Crippen LogP) is 4.23. The Morgan fingerprint density at radius 2 is 2.08 bits per heavy atom. The summed E-state index contributed by atoms with van der Waals surface area (Å²) in [6.07, 6.45) is 3.10. The van der Waals surface area contributed by atoms with Crippen LogP contribution in [0.5, 0.6) is 0 Å². The van der Waals surface area contributed by atoms with Crippen molar-refractivity contribution in [2.45, 2.75) is 37.5 Å². The molecule has 26 heavy (non-hydrogen) atoms. The smallest absolute Gasteiger partial charge is 0.251 e. The van der Waals surface area contributed by atoms with Crippen LogP contribution in [0.15, 0.2) is 29.2 Å². The fourth-order valence-corrected chi connectivity index (χ4v) is 5.37. The van der Waals surface area contributed by atoms with Crippen LogP contribution in [0.2, 0.25) is 0 Å². The van der Waals surface area contributed by atoms with Crippen molar-refractivity contribution in [3.63, 3.8) is 0 Å². The van der Waals surface area contributed by atoms with Crippen LogP contribution in [0.1, 0.15) is 40.6 Å². The molecule has 1 aromatic heterocycles. The SMILES string of the molecule is CC1CCc2c(sc(NC(=O)CCSc3ccc(F)cc3)c2C(N)=O)C1. The monoisotopic (exact) mass is 392 g/mol. The number of halogens is 1. The summed E-state index contributed by atoms with van der Waals surface area (Å²) >= 11 is 2.96. The molecule has 0 aliphatic heterocycles. The number of hydrogen-bond acceptors (Lipinski definition) is 4. The fraction of sp³-hybridized carbons (Fsp3) is 0.368. The molecule has 3 rings (SSSR count). The lowest BCUT2D eigenvalue weighted by atomic mass is 9.88. The molecule has 1 aromatic carbocycles. The Kier molecular flexibility index (Phi) is 5.98. The molecule has 2 aromatic rings. The number of amides is 2. The molecule has 7 heteroatoms. The third-order valence-corrected chi connectivity index (χ3v) is 6.61. The van der Waals surface area contributed by atoms with Gasteiger partial charge in [-0.3, -0.25) is 9.59 Å². The number of anilines is 1. The molecule has 4 nitrogen and oxygen atoms in total. The van der Waals surface area contributed by atoms with Gasteiger partial charge in [-0.2, -0.15) is 0 Å². The molecule has 1 aliphatic carbocycles. The van der Waals surface area contributed by atoms with Crippen LogP contribution in [-0.2, 0) is 17.6 Å². The highest BCUT2D eigenvalue weighted by atomic mass is 32.2. The van der Waals surface area contributed by atoms with Crippen molar-refractivity contribution in [3.8, 4) is 0 Å². The molecule has 3 N–H and O–H groups in total. The molecule has 0 saturated carbocycles. The molecule has 138 valence electrons. The molecule has 1 aliphatic rings. The summed E-state index contributed by atoms with van der Waals surface area (Å²) in [7, 11) is 0. The summed E-state index contributed by atoms with van der Waals surface area (Å²) in [5.74, 6) is 0.257. The van der Waals surface area contributed by atoms with Crippen LogP contribution in [-0.4, -0.2) is 17.6 Å². The summed E-state index contributed by atoms with van der Waals surface area (Å²) < 4.78 is 12.9. The number of rotatable bonds is 6. The van der Waals surface area contributed by atoms with Gasteiger partial charge < -0.3 is 11.1 Å². The van der Waals surface area contributed by atoms with Crippen molar-refractivity contribution >= 4 is 39.9 Å². The third-order valence-electron chi connectivity index (χ3n) is 4.42. The normalized spacial score (nSPS) is 16.2. The van der Waals surface area contributed by atoms with Crippen molar-refractivity contribution < 1.29 is 14.0 Å². The number of carbonyl (C=O) groups is 2. The molecule has 1 atom stereocenters. The number of thioether (sulfide) groups is 1. The van der Waals surface area contributed by atoms with Gasteiger partial charge in [0.2, 0.25) is 5.91 Å². The van der Waals surface area contributed by atoms with Gasteiger partial charge in [-0.05, 0) is 55.0 Å². The summed E-state index contributed by atoms with van der Waals surface area (Å²) in [6, 6.07) is 6.19. The fourth-order valence-electron chi connectivity index (χ4n) is 3.08. The van der Waals surface area contributed by atoms with Crippen LogP contribution < -0.4 is 11.1 Å². The van der Waals surface area contributed by atoms with Crippen molar-refractivity contribution in [1.29, 1.82) is 0 Å². The number of primary amides is 1. The van der Waals surface area contributed by atoms with Gasteiger partial charge in [0.1, 0.15) is 10.8 Å². The molecular weight excluding hydrogens is 371 g/mol. The van der Waals surface area contributed by atoms with Gasteiger partial charge in [0.05, 0.1) is 5.56 Å². The molecular formula is C19H21FN2O2S2. The second-order valence-corrected chi connectivity index (χ2v) is 8.79. The van der Waals surface area contributed by atoms with E-state index < -0.39 is 5.91 Å². The number of fused-ring (bicyclic) bond motifs is 1. The minimum atomic E-state index is -0.479. The Morgan fingerprint density at radius 1 is 1.35 bits per heavy atom. The lowest BCUT2D eigenvalue weighted by Crippen LogP contribution is -2.19. The second-order valence-electron chi connectivity index (χ2n) is 6.52. The van der Waals surface area contributed by atoms with E-state index in [0.29, 0.717) is 28.7 Å². The summed E-state index contributed by atoms with van der Waals surface area (Å²) in [4.78, 5) is 26.2. The van der Waals surface area contributed by atoms with E-state index in [4.69, 9.17) is 5.73 Å². The average molecular weight is 393 g/mol. The molecule has 0 saturated heterocycles. The molecule has 0 spiro atoms. The van der Waals surface area contributed by atoms with E-state index in [1.807, 2.05) is 0 Å². The molecule has 2 amide bonds.